The van der Waals surface area contributed by atoms with Crippen LogP contribution in [-0.2, 0) is 6.54 Å². The fourth-order valence-electron chi connectivity index (χ4n) is 5.00. The maximum atomic E-state index is 12.4. The van der Waals surface area contributed by atoms with Crippen molar-refractivity contribution in [3.8, 4) is 17.0 Å². The fraction of sp³-hybridized carbons (Fsp3) is 0.219. The molecule has 2 aromatic heterocycles. The Bertz CT molecular complexity index is 1670. The number of likely N-dealkylation sites (tertiary alicyclic amines) is 1. The molecule has 0 spiro atoms. The van der Waals surface area contributed by atoms with Crippen molar-refractivity contribution >= 4 is 40.6 Å². The SMILES string of the molecule is O=C(NCc1cccc(-c2cccc3nc(Nc4ccc(OCCN5CCCC5)cc4)nn23)c1)Nc1cccc(Cl)c1. The van der Waals surface area contributed by atoms with E-state index in [9.17, 15) is 4.79 Å². The van der Waals surface area contributed by atoms with E-state index in [2.05, 4.69) is 25.8 Å². The number of fused-ring (bicyclic) bond motifs is 1. The summed E-state index contributed by atoms with van der Waals surface area (Å²) in [4.78, 5) is 19.5. The molecule has 42 heavy (non-hydrogen) atoms. The van der Waals surface area contributed by atoms with E-state index in [4.69, 9.17) is 21.4 Å². The second-order valence-corrected chi connectivity index (χ2v) is 10.6. The molecule has 0 bridgehead atoms. The molecule has 1 aliphatic rings. The first-order valence-electron chi connectivity index (χ1n) is 14.1. The number of hydrogen-bond donors (Lipinski definition) is 3. The molecule has 0 saturated carbocycles. The third-order valence-electron chi connectivity index (χ3n) is 7.10. The number of aromatic nitrogens is 3. The Hall–Kier alpha value is -4.60. The summed E-state index contributed by atoms with van der Waals surface area (Å²) in [6, 6.07) is 28.4. The average molecular weight is 582 g/mol. The summed E-state index contributed by atoms with van der Waals surface area (Å²) >= 11 is 6.01. The lowest BCUT2D eigenvalue weighted by Crippen LogP contribution is -2.28. The first-order chi connectivity index (χ1) is 20.6. The van der Waals surface area contributed by atoms with Gasteiger partial charge in [0.25, 0.3) is 0 Å². The smallest absolute Gasteiger partial charge is 0.319 e. The first-order valence-corrected chi connectivity index (χ1v) is 14.4. The molecule has 2 amide bonds. The number of hydrogen-bond acceptors (Lipinski definition) is 6. The van der Waals surface area contributed by atoms with Crippen LogP contribution < -0.4 is 20.7 Å². The molecule has 5 aromatic rings. The van der Waals surface area contributed by atoms with Crippen LogP contribution in [0.5, 0.6) is 5.75 Å². The Morgan fingerprint density at radius 3 is 2.55 bits per heavy atom. The Morgan fingerprint density at radius 2 is 1.71 bits per heavy atom. The van der Waals surface area contributed by atoms with Crippen molar-refractivity contribution in [3.63, 3.8) is 0 Å². The number of amides is 2. The Kier molecular flexibility index (Phi) is 8.48. The molecule has 9 nitrogen and oxygen atoms in total. The molecule has 0 radical (unpaired) electrons. The van der Waals surface area contributed by atoms with Gasteiger partial charge in [-0.3, -0.25) is 4.90 Å². The van der Waals surface area contributed by atoms with Crippen LogP contribution in [0.25, 0.3) is 16.9 Å². The monoisotopic (exact) mass is 581 g/mol. The maximum absolute atomic E-state index is 12.4. The van der Waals surface area contributed by atoms with E-state index in [1.165, 1.54) is 25.9 Å². The molecule has 6 rings (SSSR count). The van der Waals surface area contributed by atoms with Gasteiger partial charge < -0.3 is 20.7 Å². The number of rotatable bonds is 10. The summed E-state index contributed by atoms with van der Waals surface area (Å²) in [7, 11) is 0. The van der Waals surface area contributed by atoms with Crippen molar-refractivity contribution in [2.75, 3.05) is 36.9 Å². The number of pyridine rings is 1. The van der Waals surface area contributed by atoms with Crippen LogP contribution in [0.3, 0.4) is 0 Å². The van der Waals surface area contributed by atoms with Gasteiger partial charge in [-0.2, -0.15) is 4.98 Å². The van der Waals surface area contributed by atoms with Crippen molar-refractivity contribution in [1.82, 2.24) is 24.8 Å². The molecule has 10 heteroatoms. The Balaban J connectivity index is 1.09. The minimum Gasteiger partial charge on any atom is -0.492 e. The van der Waals surface area contributed by atoms with Gasteiger partial charge in [0.05, 0.1) is 5.69 Å². The van der Waals surface area contributed by atoms with E-state index in [0.29, 0.717) is 29.8 Å². The lowest BCUT2D eigenvalue weighted by Gasteiger charge is -2.15. The van der Waals surface area contributed by atoms with Crippen LogP contribution in [0, 0.1) is 0 Å². The van der Waals surface area contributed by atoms with E-state index in [1.807, 2.05) is 71.2 Å². The number of benzene rings is 3. The molecular weight excluding hydrogens is 550 g/mol. The zero-order chi connectivity index (χ0) is 28.7. The summed E-state index contributed by atoms with van der Waals surface area (Å²) in [6.07, 6.45) is 2.57. The molecular formula is C32H32ClN7O2. The van der Waals surface area contributed by atoms with Crippen molar-refractivity contribution < 1.29 is 9.53 Å². The van der Waals surface area contributed by atoms with Gasteiger partial charge in [-0.25, -0.2) is 9.31 Å². The molecule has 214 valence electrons. The van der Waals surface area contributed by atoms with Gasteiger partial charge in [0.1, 0.15) is 12.4 Å². The quantitative estimate of drug-likeness (QED) is 0.172. The van der Waals surface area contributed by atoms with Crippen LogP contribution >= 0.6 is 11.6 Å². The number of carbonyl (C=O) groups excluding carboxylic acids is 1. The highest BCUT2D eigenvalue weighted by Crippen LogP contribution is 2.24. The third kappa shape index (κ3) is 6.99. The van der Waals surface area contributed by atoms with E-state index in [1.54, 1.807) is 24.3 Å². The van der Waals surface area contributed by atoms with E-state index < -0.39 is 0 Å². The molecule has 0 atom stereocenters. The minimum atomic E-state index is -0.307. The lowest BCUT2D eigenvalue weighted by atomic mass is 10.1. The number of urea groups is 1. The van der Waals surface area contributed by atoms with Crippen LogP contribution in [-0.4, -0.2) is 51.8 Å². The van der Waals surface area contributed by atoms with Crippen LogP contribution in [0.2, 0.25) is 5.02 Å². The van der Waals surface area contributed by atoms with Gasteiger partial charge in [-0.15, -0.1) is 5.10 Å². The van der Waals surface area contributed by atoms with E-state index in [-0.39, 0.29) is 6.03 Å². The van der Waals surface area contributed by atoms with Crippen LogP contribution in [0.4, 0.5) is 22.1 Å². The second kappa shape index (κ2) is 12.9. The topological polar surface area (TPSA) is 95.8 Å². The highest BCUT2D eigenvalue weighted by Gasteiger charge is 2.12. The molecule has 3 heterocycles. The average Bonchev–Trinajstić information content (AvgIpc) is 3.67. The largest absolute Gasteiger partial charge is 0.492 e. The number of ether oxygens (including phenoxy) is 1. The van der Waals surface area contributed by atoms with Crippen molar-refractivity contribution in [3.05, 3.63) is 102 Å². The van der Waals surface area contributed by atoms with Crippen LogP contribution in [0.1, 0.15) is 18.4 Å². The first kappa shape index (κ1) is 27.6. The minimum absolute atomic E-state index is 0.307. The van der Waals surface area contributed by atoms with Gasteiger partial charge in [0, 0.05) is 35.1 Å². The summed E-state index contributed by atoms with van der Waals surface area (Å²) in [5.41, 5.74) is 5.03. The molecule has 1 saturated heterocycles. The van der Waals surface area contributed by atoms with E-state index >= 15 is 0 Å². The number of nitrogens with one attached hydrogen (secondary N) is 3. The normalized spacial score (nSPS) is 13.3. The summed E-state index contributed by atoms with van der Waals surface area (Å²) in [6.45, 7) is 4.36. The maximum Gasteiger partial charge on any atom is 0.319 e. The number of halogens is 1. The predicted molar refractivity (Wildman–Crippen MR) is 167 cm³/mol. The zero-order valence-electron chi connectivity index (χ0n) is 23.1. The second-order valence-electron chi connectivity index (χ2n) is 10.2. The molecule has 0 aliphatic carbocycles. The molecule has 1 fully saturated rings. The number of nitrogens with zero attached hydrogens (tertiary/aromatic N) is 4. The highest BCUT2D eigenvalue weighted by atomic mass is 35.5. The van der Waals surface area contributed by atoms with Gasteiger partial charge >= 0.3 is 6.03 Å². The summed E-state index contributed by atoms with van der Waals surface area (Å²) in [5, 5.41) is 14.3. The van der Waals surface area contributed by atoms with Crippen LogP contribution in [0.15, 0.2) is 91.0 Å². The van der Waals surface area contributed by atoms with Gasteiger partial charge in [0.15, 0.2) is 5.65 Å². The highest BCUT2D eigenvalue weighted by molar-refractivity contribution is 6.30. The zero-order valence-corrected chi connectivity index (χ0v) is 23.8. The van der Waals surface area contributed by atoms with Gasteiger partial charge in [-0.1, -0.05) is 41.9 Å². The van der Waals surface area contributed by atoms with Crippen molar-refractivity contribution in [2.24, 2.45) is 0 Å². The number of anilines is 3. The summed E-state index contributed by atoms with van der Waals surface area (Å²) < 4.78 is 7.74. The van der Waals surface area contributed by atoms with E-state index in [0.717, 1.165) is 40.4 Å². The lowest BCUT2D eigenvalue weighted by molar-refractivity contribution is 0.238. The predicted octanol–water partition coefficient (Wildman–Crippen LogP) is 6.59. The third-order valence-corrected chi connectivity index (χ3v) is 7.34. The Morgan fingerprint density at radius 1 is 0.905 bits per heavy atom. The molecule has 3 aromatic carbocycles. The van der Waals surface area contributed by atoms with Crippen molar-refractivity contribution in [2.45, 2.75) is 19.4 Å². The van der Waals surface area contributed by atoms with Gasteiger partial charge in [-0.05, 0) is 92.2 Å². The Labute approximate surface area is 249 Å². The molecule has 1 aliphatic heterocycles. The standard InChI is InChI=1S/C32H32ClN7O2/c33-25-8-4-9-27(21-25)36-32(41)34-22-23-6-3-7-24(20-23)29-10-5-11-30-37-31(38-40(29)30)35-26-12-14-28(15-13-26)42-19-18-39-16-1-2-17-39/h3-15,20-21H,1-2,16-19,22H2,(H,35,38)(H2,34,36,41). The fourth-order valence-corrected chi connectivity index (χ4v) is 5.19. The molecule has 3 N–H and O–H groups in total. The van der Waals surface area contributed by atoms with Gasteiger partial charge in [0.2, 0.25) is 5.95 Å². The number of carbonyl (C=O) groups is 1. The summed E-state index contributed by atoms with van der Waals surface area (Å²) in [5.74, 6) is 1.35. The van der Waals surface area contributed by atoms with Crippen molar-refractivity contribution in [1.29, 1.82) is 0 Å². The molecule has 0 unspecified atom stereocenters.